The Morgan fingerprint density at radius 1 is 1.20 bits per heavy atom. The van der Waals surface area contributed by atoms with Crippen LogP contribution in [0.4, 0.5) is 0 Å². The lowest BCUT2D eigenvalue weighted by molar-refractivity contribution is -0.125. The van der Waals surface area contributed by atoms with Crippen LogP contribution in [0.15, 0.2) is 24.3 Å². The van der Waals surface area contributed by atoms with Crippen molar-refractivity contribution in [2.75, 3.05) is 52.4 Å². The molecule has 1 saturated heterocycles. The van der Waals surface area contributed by atoms with Gasteiger partial charge in [0.05, 0.1) is 12.0 Å². The monoisotopic (exact) mass is 367 g/mol. The van der Waals surface area contributed by atoms with Gasteiger partial charge in [0.15, 0.2) is 0 Å². The van der Waals surface area contributed by atoms with Crippen LogP contribution in [-0.2, 0) is 10.2 Å². The third-order valence-corrected chi connectivity index (χ3v) is 5.17. The van der Waals surface area contributed by atoms with E-state index in [1.165, 1.54) is 0 Å². The van der Waals surface area contributed by atoms with Crippen LogP contribution in [-0.4, -0.2) is 73.2 Å². The van der Waals surface area contributed by atoms with Gasteiger partial charge in [0.1, 0.15) is 0 Å². The summed E-state index contributed by atoms with van der Waals surface area (Å²) in [5.74, 6) is 0.0301. The predicted octanol–water partition coefficient (Wildman–Crippen LogP) is 1.73. The molecule has 1 aliphatic rings. The highest BCUT2D eigenvalue weighted by Crippen LogP contribution is 2.25. The molecular formula is C19H30ClN3O2. The van der Waals surface area contributed by atoms with Crippen LogP contribution >= 0.6 is 11.6 Å². The Bertz CT molecular complexity index is 557. The number of benzene rings is 1. The van der Waals surface area contributed by atoms with Crippen LogP contribution in [0, 0.1) is 0 Å². The molecule has 1 amide bonds. The second-order valence-electron chi connectivity index (χ2n) is 7.15. The highest BCUT2D eigenvalue weighted by Gasteiger charge is 2.29. The van der Waals surface area contributed by atoms with Crippen LogP contribution in [0.5, 0.6) is 0 Å². The van der Waals surface area contributed by atoms with Crippen molar-refractivity contribution in [3.8, 4) is 0 Å². The molecule has 5 nitrogen and oxygen atoms in total. The number of nitrogens with one attached hydrogen (secondary N) is 1. The minimum atomic E-state index is -0.596. The van der Waals surface area contributed by atoms with Crippen LogP contribution in [0.2, 0.25) is 5.02 Å². The van der Waals surface area contributed by atoms with E-state index in [1.807, 2.05) is 38.1 Å². The third-order valence-electron chi connectivity index (χ3n) is 4.93. The molecule has 1 aromatic rings. The predicted molar refractivity (Wildman–Crippen MR) is 102 cm³/mol. The topological polar surface area (TPSA) is 55.8 Å². The number of halogens is 1. The van der Waals surface area contributed by atoms with E-state index < -0.39 is 5.41 Å². The number of nitrogens with zero attached hydrogens (tertiary/aromatic N) is 2. The molecule has 0 atom stereocenters. The molecule has 2 N–H and O–H groups in total. The zero-order chi connectivity index (χ0) is 18.3. The van der Waals surface area contributed by atoms with Gasteiger partial charge in [0.2, 0.25) is 5.91 Å². The minimum absolute atomic E-state index is 0.0301. The largest absolute Gasteiger partial charge is 0.395 e. The molecule has 6 heteroatoms. The first-order valence-electron chi connectivity index (χ1n) is 9.03. The number of amides is 1. The summed E-state index contributed by atoms with van der Waals surface area (Å²) in [6, 6.07) is 7.49. The average molecular weight is 368 g/mol. The van der Waals surface area contributed by atoms with Gasteiger partial charge >= 0.3 is 0 Å². The molecule has 1 fully saturated rings. The maximum atomic E-state index is 12.5. The van der Waals surface area contributed by atoms with E-state index in [0.29, 0.717) is 11.6 Å². The van der Waals surface area contributed by atoms with Gasteiger partial charge in [0, 0.05) is 44.3 Å². The second kappa shape index (κ2) is 9.53. The molecule has 0 aromatic heterocycles. The van der Waals surface area contributed by atoms with Gasteiger partial charge in [0.25, 0.3) is 0 Å². The van der Waals surface area contributed by atoms with Crippen LogP contribution in [0.25, 0.3) is 0 Å². The highest BCUT2D eigenvalue weighted by molar-refractivity contribution is 6.30. The first-order chi connectivity index (χ1) is 11.9. The number of aliphatic hydroxyl groups excluding tert-OH is 1. The van der Waals surface area contributed by atoms with Gasteiger partial charge in [-0.3, -0.25) is 9.69 Å². The average Bonchev–Trinajstić information content (AvgIpc) is 2.60. The first kappa shape index (κ1) is 20.2. The Hall–Kier alpha value is -1.14. The SMILES string of the molecule is CC(C)(C(=O)NCCCN1CCN(CCO)CC1)c1cccc(Cl)c1. The minimum Gasteiger partial charge on any atom is -0.395 e. The Kier molecular flexibility index (Phi) is 7.69. The number of carbonyl (C=O) groups is 1. The van der Waals surface area contributed by atoms with Crippen molar-refractivity contribution < 1.29 is 9.90 Å². The zero-order valence-electron chi connectivity index (χ0n) is 15.3. The fourth-order valence-electron chi connectivity index (χ4n) is 3.11. The van der Waals surface area contributed by atoms with Crippen LogP contribution in [0.1, 0.15) is 25.8 Å². The maximum absolute atomic E-state index is 12.5. The van der Waals surface area contributed by atoms with Crippen molar-refractivity contribution in [2.45, 2.75) is 25.7 Å². The molecule has 0 radical (unpaired) electrons. The highest BCUT2D eigenvalue weighted by atomic mass is 35.5. The summed E-state index contributed by atoms with van der Waals surface area (Å²) >= 11 is 6.04. The lowest BCUT2D eigenvalue weighted by Gasteiger charge is -2.34. The van der Waals surface area contributed by atoms with Crippen molar-refractivity contribution in [3.05, 3.63) is 34.9 Å². The number of carbonyl (C=O) groups excluding carboxylic acids is 1. The van der Waals surface area contributed by atoms with E-state index >= 15 is 0 Å². The lowest BCUT2D eigenvalue weighted by atomic mass is 9.84. The van der Waals surface area contributed by atoms with Gasteiger partial charge in [-0.1, -0.05) is 23.7 Å². The van der Waals surface area contributed by atoms with Gasteiger partial charge in [-0.2, -0.15) is 0 Å². The second-order valence-corrected chi connectivity index (χ2v) is 7.59. The van der Waals surface area contributed by atoms with Crippen molar-refractivity contribution >= 4 is 17.5 Å². The smallest absolute Gasteiger partial charge is 0.230 e. The maximum Gasteiger partial charge on any atom is 0.230 e. The number of β-amino-alcohol motifs (C(OH)–C–C–N with tert-alkyl or cyclic N) is 1. The molecular weight excluding hydrogens is 338 g/mol. The molecule has 0 unspecified atom stereocenters. The summed E-state index contributed by atoms with van der Waals surface area (Å²) < 4.78 is 0. The molecule has 1 heterocycles. The van der Waals surface area contributed by atoms with Gasteiger partial charge < -0.3 is 15.3 Å². The van der Waals surface area contributed by atoms with Gasteiger partial charge in [-0.25, -0.2) is 0 Å². The fourth-order valence-corrected chi connectivity index (χ4v) is 3.30. The van der Waals surface area contributed by atoms with E-state index in [-0.39, 0.29) is 12.5 Å². The van der Waals surface area contributed by atoms with Crippen molar-refractivity contribution in [2.24, 2.45) is 0 Å². The van der Waals surface area contributed by atoms with Crippen LogP contribution in [0.3, 0.4) is 0 Å². The Morgan fingerprint density at radius 3 is 2.44 bits per heavy atom. The molecule has 0 spiro atoms. The van der Waals surface area contributed by atoms with E-state index in [9.17, 15) is 4.79 Å². The fraction of sp³-hybridized carbons (Fsp3) is 0.632. The van der Waals surface area contributed by atoms with E-state index in [1.54, 1.807) is 0 Å². The van der Waals surface area contributed by atoms with Crippen molar-refractivity contribution in [1.29, 1.82) is 0 Å². The number of hydrogen-bond acceptors (Lipinski definition) is 4. The lowest BCUT2D eigenvalue weighted by Crippen LogP contribution is -2.48. The van der Waals surface area contributed by atoms with Gasteiger partial charge in [-0.15, -0.1) is 0 Å². The number of hydrogen-bond donors (Lipinski definition) is 2. The molecule has 0 aliphatic carbocycles. The first-order valence-corrected chi connectivity index (χ1v) is 9.41. The van der Waals surface area contributed by atoms with E-state index in [0.717, 1.165) is 51.3 Å². The number of aliphatic hydroxyl groups is 1. The summed E-state index contributed by atoms with van der Waals surface area (Å²) in [6.45, 7) is 10.6. The Morgan fingerprint density at radius 2 is 1.84 bits per heavy atom. The normalized spacial score (nSPS) is 16.8. The summed E-state index contributed by atoms with van der Waals surface area (Å²) in [7, 11) is 0. The molecule has 0 bridgehead atoms. The molecule has 0 saturated carbocycles. The number of piperazine rings is 1. The van der Waals surface area contributed by atoms with Crippen molar-refractivity contribution in [3.63, 3.8) is 0 Å². The molecule has 140 valence electrons. The Balaban J connectivity index is 1.70. The summed E-state index contributed by atoms with van der Waals surface area (Å²) in [5.41, 5.74) is 0.332. The summed E-state index contributed by atoms with van der Waals surface area (Å²) in [5, 5.41) is 12.7. The Labute approximate surface area is 155 Å². The van der Waals surface area contributed by atoms with Crippen molar-refractivity contribution in [1.82, 2.24) is 15.1 Å². The zero-order valence-corrected chi connectivity index (χ0v) is 16.1. The molecule has 25 heavy (non-hydrogen) atoms. The van der Waals surface area contributed by atoms with Crippen LogP contribution < -0.4 is 5.32 Å². The molecule has 1 aromatic carbocycles. The summed E-state index contributed by atoms with van der Waals surface area (Å²) in [4.78, 5) is 17.2. The van der Waals surface area contributed by atoms with E-state index in [2.05, 4.69) is 15.1 Å². The van der Waals surface area contributed by atoms with Gasteiger partial charge in [-0.05, 0) is 44.5 Å². The standard InChI is InChI=1S/C19H30ClN3O2/c1-19(2,16-5-3-6-17(20)15-16)18(25)21-7-4-8-22-9-11-23(12-10-22)13-14-24/h3,5-6,15,24H,4,7-14H2,1-2H3,(H,21,25). The summed E-state index contributed by atoms with van der Waals surface area (Å²) in [6.07, 6.45) is 0.942. The quantitative estimate of drug-likeness (QED) is 0.687. The molecule has 1 aliphatic heterocycles. The molecule has 2 rings (SSSR count). The van der Waals surface area contributed by atoms with E-state index in [4.69, 9.17) is 16.7 Å². The number of rotatable bonds is 8. The third kappa shape index (κ3) is 5.96.